The van der Waals surface area contributed by atoms with Crippen molar-refractivity contribution in [1.29, 1.82) is 0 Å². The van der Waals surface area contributed by atoms with Crippen LogP contribution in [0, 0.1) is 0 Å². The van der Waals surface area contributed by atoms with Crippen molar-refractivity contribution in [2.75, 3.05) is 33.5 Å². The van der Waals surface area contributed by atoms with Crippen LogP contribution in [0.5, 0.6) is 5.88 Å². The molecule has 5 heteroatoms. The van der Waals surface area contributed by atoms with Gasteiger partial charge in [0.05, 0.1) is 18.9 Å². The summed E-state index contributed by atoms with van der Waals surface area (Å²) in [5, 5.41) is 11.2. The van der Waals surface area contributed by atoms with Crippen LogP contribution in [0.25, 0.3) is 10.8 Å². The second kappa shape index (κ2) is 8.56. The van der Waals surface area contributed by atoms with Crippen LogP contribution in [0.3, 0.4) is 0 Å². The van der Waals surface area contributed by atoms with Crippen LogP contribution in [0.15, 0.2) is 30.3 Å². The molecule has 1 N–H and O–H groups in total. The Kier molecular flexibility index (Phi) is 6.40. The Balaban J connectivity index is 1.91. The Hall–Kier alpha value is -1.69. The lowest BCUT2D eigenvalue weighted by molar-refractivity contribution is 0.0798. The topological polar surface area (TPSA) is 60.8 Å². The fourth-order valence-corrected chi connectivity index (χ4v) is 2.02. The summed E-state index contributed by atoms with van der Waals surface area (Å²) in [6.07, 6.45) is 0.873. The highest BCUT2D eigenvalue weighted by atomic mass is 16.5. The summed E-state index contributed by atoms with van der Waals surface area (Å²) < 4.78 is 16.1. The normalized spacial score (nSPS) is 11.0. The molecular formula is C16H21NO4. The molecule has 0 bridgehead atoms. The van der Waals surface area contributed by atoms with Crippen molar-refractivity contribution in [2.24, 2.45) is 0 Å². The van der Waals surface area contributed by atoms with E-state index in [0.29, 0.717) is 38.0 Å². The van der Waals surface area contributed by atoms with Gasteiger partial charge in [0, 0.05) is 25.7 Å². The molecule has 0 radical (unpaired) electrons. The Bertz CT molecular complexity index is 559. The van der Waals surface area contributed by atoms with E-state index < -0.39 is 0 Å². The number of fused-ring (bicyclic) bond motifs is 1. The minimum Gasteiger partial charge on any atom is -0.475 e. The van der Waals surface area contributed by atoms with Crippen molar-refractivity contribution in [2.45, 2.75) is 13.0 Å². The van der Waals surface area contributed by atoms with Gasteiger partial charge in [0.15, 0.2) is 0 Å². The minimum atomic E-state index is -0.102. The highest BCUT2D eigenvalue weighted by molar-refractivity contribution is 5.87. The maximum Gasteiger partial charge on any atom is 0.221 e. The quantitative estimate of drug-likeness (QED) is 0.717. The number of hydrogen-bond donors (Lipinski definition) is 1. The molecular weight excluding hydrogens is 270 g/mol. The molecule has 0 amide bonds. The van der Waals surface area contributed by atoms with E-state index in [4.69, 9.17) is 14.2 Å². The lowest BCUT2D eigenvalue weighted by Crippen LogP contribution is -2.10. The van der Waals surface area contributed by atoms with E-state index in [-0.39, 0.29) is 6.61 Å². The molecule has 0 aliphatic carbocycles. The van der Waals surface area contributed by atoms with Crippen molar-refractivity contribution >= 4 is 10.8 Å². The van der Waals surface area contributed by atoms with Gasteiger partial charge in [-0.1, -0.05) is 18.2 Å². The van der Waals surface area contributed by atoms with E-state index >= 15 is 0 Å². The second-order valence-electron chi connectivity index (χ2n) is 4.61. The average Bonchev–Trinajstić information content (AvgIpc) is 2.53. The van der Waals surface area contributed by atoms with Crippen molar-refractivity contribution in [3.05, 3.63) is 36.0 Å². The lowest BCUT2D eigenvalue weighted by atomic mass is 10.1. The van der Waals surface area contributed by atoms with Crippen molar-refractivity contribution in [3.63, 3.8) is 0 Å². The summed E-state index contributed by atoms with van der Waals surface area (Å²) in [5.74, 6) is 0.539. The van der Waals surface area contributed by atoms with Gasteiger partial charge < -0.3 is 19.3 Å². The number of nitrogens with zero attached hydrogens (tertiary/aromatic N) is 1. The molecule has 0 atom stereocenters. The third kappa shape index (κ3) is 4.67. The number of hydrogen-bond acceptors (Lipinski definition) is 5. The molecule has 0 aliphatic rings. The molecule has 0 spiro atoms. The molecule has 114 valence electrons. The van der Waals surface area contributed by atoms with E-state index in [1.165, 1.54) is 0 Å². The van der Waals surface area contributed by atoms with Crippen LogP contribution in [-0.4, -0.2) is 43.6 Å². The number of aromatic nitrogens is 1. The molecule has 0 saturated heterocycles. The molecule has 0 aliphatic heterocycles. The summed E-state index contributed by atoms with van der Waals surface area (Å²) in [6.45, 7) is 2.18. The number of benzene rings is 1. The molecule has 2 rings (SSSR count). The molecule has 0 fully saturated rings. The van der Waals surface area contributed by atoms with Crippen LogP contribution in [0.4, 0.5) is 0 Å². The first-order chi connectivity index (χ1) is 10.3. The summed E-state index contributed by atoms with van der Waals surface area (Å²) in [6, 6.07) is 9.69. The van der Waals surface area contributed by atoms with E-state index in [1.54, 1.807) is 7.11 Å². The van der Waals surface area contributed by atoms with Crippen LogP contribution < -0.4 is 4.74 Å². The summed E-state index contributed by atoms with van der Waals surface area (Å²) in [4.78, 5) is 4.32. The molecule has 1 heterocycles. The van der Waals surface area contributed by atoms with Crippen molar-refractivity contribution in [3.8, 4) is 5.88 Å². The average molecular weight is 291 g/mol. The van der Waals surface area contributed by atoms with Gasteiger partial charge in [-0.2, -0.15) is 0 Å². The predicted molar refractivity (Wildman–Crippen MR) is 80.5 cm³/mol. The molecule has 5 nitrogen and oxygen atoms in total. The maximum absolute atomic E-state index is 9.26. The standard InChI is InChI=1S/C16H21NO4/c1-19-7-4-8-20-9-10-21-16-15-6-3-2-5-13(15)11-14(12-18)17-16/h2-3,5-6,11,18H,4,7-10,12H2,1H3. The minimum absolute atomic E-state index is 0.102. The smallest absolute Gasteiger partial charge is 0.221 e. The largest absolute Gasteiger partial charge is 0.475 e. The van der Waals surface area contributed by atoms with Crippen LogP contribution in [0.2, 0.25) is 0 Å². The molecule has 21 heavy (non-hydrogen) atoms. The zero-order chi connectivity index (χ0) is 14.9. The Morgan fingerprint density at radius 2 is 1.95 bits per heavy atom. The third-order valence-electron chi connectivity index (χ3n) is 3.02. The number of ether oxygens (including phenoxy) is 3. The van der Waals surface area contributed by atoms with Crippen LogP contribution in [-0.2, 0) is 16.1 Å². The highest BCUT2D eigenvalue weighted by Crippen LogP contribution is 2.24. The molecule has 1 aromatic heterocycles. The van der Waals surface area contributed by atoms with Crippen LogP contribution >= 0.6 is 0 Å². The van der Waals surface area contributed by atoms with Gasteiger partial charge in [-0.3, -0.25) is 0 Å². The fourth-order valence-electron chi connectivity index (χ4n) is 2.02. The highest BCUT2D eigenvalue weighted by Gasteiger charge is 2.06. The first kappa shape index (κ1) is 15.7. The zero-order valence-electron chi connectivity index (χ0n) is 12.2. The maximum atomic E-state index is 9.26. The Labute approximate surface area is 124 Å². The van der Waals surface area contributed by atoms with Gasteiger partial charge in [0.25, 0.3) is 0 Å². The van der Waals surface area contributed by atoms with E-state index in [9.17, 15) is 5.11 Å². The predicted octanol–water partition coefficient (Wildman–Crippen LogP) is 2.16. The SMILES string of the molecule is COCCCOCCOc1nc(CO)cc2ccccc12. The first-order valence-electron chi connectivity index (χ1n) is 7.04. The van der Waals surface area contributed by atoms with E-state index in [1.807, 2.05) is 30.3 Å². The van der Waals surface area contributed by atoms with Gasteiger partial charge in [0.1, 0.15) is 6.61 Å². The number of rotatable bonds is 9. The van der Waals surface area contributed by atoms with Crippen molar-refractivity contribution in [1.82, 2.24) is 4.98 Å². The van der Waals surface area contributed by atoms with Gasteiger partial charge in [-0.15, -0.1) is 0 Å². The van der Waals surface area contributed by atoms with Gasteiger partial charge in [-0.25, -0.2) is 4.98 Å². The first-order valence-corrected chi connectivity index (χ1v) is 7.04. The number of aliphatic hydroxyl groups excluding tert-OH is 1. The van der Waals surface area contributed by atoms with Crippen LogP contribution in [0.1, 0.15) is 12.1 Å². The second-order valence-corrected chi connectivity index (χ2v) is 4.61. The summed E-state index contributed by atoms with van der Waals surface area (Å²) in [5.41, 5.74) is 0.602. The zero-order valence-corrected chi connectivity index (χ0v) is 12.2. The molecule has 0 saturated carbocycles. The Morgan fingerprint density at radius 1 is 1.10 bits per heavy atom. The summed E-state index contributed by atoms with van der Waals surface area (Å²) in [7, 11) is 1.67. The number of pyridine rings is 1. The summed E-state index contributed by atoms with van der Waals surface area (Å²) >= 11 is 0. The monoisotopic (exact) mass is 291 g/mol. The third-order valence-corrected chi connectivity index (χ3v) is 3.02. The fraction of sp³-hybridized carbons (Fsp3) is 0.438. The molecule has 0 unspecified atom stereocenters. The van der Waals surface area contributed by atoms with Gasteiger partial charge in [-0.05, 0) is 23.9 Å². The lowest BCUT2D eigenvalue weighted by Gasteiger charge is -2.10. The van der Waals surface area contributed by atoms with E-state index in [2.05, 4.69) is 4.98 Å². The van der Waals surface area contributed by atoms with Crippen molar-refractivity contribution < 1.29 is 19.3 Å². The Morgan fingerprint density at radius 3 is 2.76 bits per heavy atom. The van der Waals surface area contributed by atoms with Gasteiger partial charge in [0.2, 0.25) is 5.88 Å². The molecule has 1 aromatic carbocycles. The van der Waals surface area contributed by atoms with Gasteiger partial charge >= 0.3 is 0 Å². The van der Waals surface area contributed by atoms with E-state index in [0.717, 1.165) is 17.2 Å². The number of aliphatic hydroxyl groups is 1. The number of methoxy groups -OCH3 is 1. The molecule has 2 aromatic rings.